The molecule has 1 rings (SSSR count). The molecule has 1 heterocycles. The standard InChI is InChI=1S/C12H15F3N2O2/c1-2-3-6-16-10(18)9-5-4-7-17-11(9)19-8-12(13,14)15/h4-5,7H,2-3,6,8H2,1H3,(H,16,18). The van der Waals surface area contributed by atoms with Crippen LogP contribution in [-0.4, -0.2) is 30.2 Å². The van der Waals surface area contributed by atoms with Gasteiger partial charge in [0.2, 0.25) is 5.88 Å². The molecule has 1 aromatic rings. The van der Waals surface area contributed by atoms with Crippen LogP contribution in [0.4, 0.5) is 13.2 Å². The summed E-state index contributed by atoms with van der Waals surface area (Å²) in [6.45, 7) is 0.955. The fourth-order valence-corrected chi connectivity index (χ4v) is 1.30. The molecule has 0 aromatic carbocycles. The lowest BCUT2D eigenvalue weighted by atomic mass is 10.2. The minimum atomic E-state index is -4.46. The molecule has 0 saturated heterocycles. The molecular formula is C12H15F3N2O2. The van der Waals surface area contributed by atoms with Crippen molar-refractivity contribution in [3.63, 3.8) is 0 Å². The summed E-state index contributed by atoms with van der Waals surface area (Å²) in [6, 6.07) is 2.84. The third kappa shape index (κ3) is 5.58. The monoisotopic (exact) mass is 276 g/mol. The first-order valence-corrected chi connectivity index (χ1v) is 5.87. The van der Waals surface area contributed by atoms with Crippen molar-refractivity contribution < 1.29 is 22.7 Å². The first-order chi connectivity index (χ1) is 8.94. The summed E-state index contributed by atoms with van der Waals surface area (Å²) in [6.07, 6.45) is -1.49. The number of amides is 1. The summed E-state index contributed by atoms with van der Waals surface area (Å²) < 4.78 is 40.7. The summed E-state index contributed by atoms with van der Waals surface area (Å²) in [5, 5.41) is 2.60. The van der Waals surface area contributed by atoms with Crippen molar-refractivity contribution in [3.8, 4) is 5.88 Å². The van der Waals surface area contributed by atoms with Crippen LogP contribution >= 0.6 is 0 Å². The van der Waals surface area contributed by atoms with Crippen molar-refractivity contribution >= 4 is 5.91 Å². The largest absolute Gasteiger partial charge is 0.467 e. The van der Waals surface area contributed by atoms with Crippen LogP contribution in [0.15, 0.2) is 18.3 Å². The van der Waals surface area contributed by atoms with Crippen molar-refractivity contribution in [2.45, 2.75) is 25.9 Å². The Bertz CT molecular complexity index is 422. The van der Waals surface area contributed by atoms with E-state index >= 15 is 0 Å². The number of nitrogens with one attached hydrogen (secondary N) is 1. The summed E-state index contributed by atoms with van der Waals surface area (Å²) in [7, 11) is 0. The number of nitrogens with zero attached hydrogens (tertiary/aromatic N) is 1. The molecule has 0 radical (unpaired) electrons. The van der Waals surface area contributed by atoms with Crippen molar-refractivity contribution in [1.29, 1.82) is 0 Å². The number of carbonyl (C=O) groups is 1. The lowest BCUT2D eigenvalue weighted by Gasteiger charge is -2.11. The summed E-state index contributed by atoms with van der Waals surface area (Å²) in [5.74, 6) is -0.799. The van der Waals surface area contributed by atoms with E-state index in [1.165, 1.54) is 18.3 Å². The molecule has 0 fully saturated rings. The molecule has 0 aliphatic rings. The SMILES string of the molecule is CCCCNC(=O)c1cccnc1OCC(F)(F)F. The predicted molar refractivity (Wildman–Crippen MR) is 63.0 cm³/mol. The number of rotatable bonds is 6. The molecular weight excluding hydrogens is 261 g/mol. The number of unbranched alkanes of at least 4 members (excludes halogenated alkanes) is 1. The Morgan fingerprint density at radius 3 is 2.84 bits per heavy atom. The average molecular weight is 276 g/mol. The Morgan fingerprint density at radius 1 is 1.47 bits per heavy atom. The fourth-order valence-electron chi connectivity index (χ4n) is 1.30. The highest BCUT2D eigenvalue weighted by atomic mass is 19.4. The van der Waals surface area contributed by atoms with E-state index in [4.69, 9.17) is 0 Å². The number of aromatic nitrogens is 1. The van der Waals surface area contributed by atoms with Gasteiger partial charge in [-0.3, -0.25) is 4.79 Å². The topological polar surface area (TPSA) is 51.2 Å². The van der Waals surface area contributed by atoms with E-state index in [9.17, 15) is 18.0 Å². The molecule has 1 N–H and O–H groups in total. The minimum absolute atomic E-state index is 0.00264. The molecule has 106 valence electrons. The molecule has 1 amide bonds. The van der Waals surface area contributed by atoms with Gasteiger partial charge in [0.15, 0.2) is 6.61 Å². The van der Waals surface area contributed by atoms with Crippen molar-refractivity contribution in [2.75, 3.05) is 13.2 Å². The summed E-state index contributed by atoms with van der Waals surface area (Å²) >= 11 is 0. The Labute approximate surface area is 109 Å². The van der Waals surface area contributed by atoms with Gasteiger partial charge in [-0.05, 0) is 18.6 Å². The van der Waals surface area contributed by atoms with Gasteiger partial charge in [0.05, 0.1) is 0 Å². The maximum absolute atomic E-state index is 12.1. The van der Waals surface area contributed by atoms with Crippen LogP contribution in [0.2, 0.25) is 0 Å². The van der Waals surface area contributed by atoms with Crippen LogP contribution in [0, 0.1) is 0 Å². The fraction of sp³-hybridized carbons (Fsp3) is 0.500. The van der Waals surface area contributed by atoms with Gasteiger partial charge in [0, 0.05) is 12.7 Å². The molecule has 19 heavy (non-hydrogen) atoms. The number of carbonyl (C=O) groups excluding carboxylic acids is 1. The van der Waals surface area contributed by atoms with Gasteiger partial charge < -0.3 is 10.1 Å². The molecule has 0 saturated carbocycles. The Hall–Kier alpha value is -1.79. The molecule has 7 heteroatoms. The maximum atomic E-state index is 12.1. The zero-order valence-corrected chi connectivity index (χ0v) is 10.5. The second-order valence-electron chi connectivity index (χ2n) is 3.87. The van der Waals surface area contributed by atoms with E-state index in [2.05, 4.69) is 15.0 Å². The van der Waals surface area contributed by atoms with Crippen LogP contribution in [-0.2, 0) is 0 Å². The van der Waals surface area contributed by atoms with Gasteiger partial charge in [0.1, 0.15) is 5.56 Å². The van der Waals surface area contributed by atoms with Gasteiger partial charge in [-0.1, -0.05) is 13.3 Å². The molecule has 4 nitrogen and oxygen atoms in total. The molecule has 0 aliphatic heterocycles. The quantitative estimate of drug-likeness (QED) is 0.812. The third-order valence-electron chi connectivity index (χ3n) is 2.20. The normalized spacial score (nSPS) is 11.2. The zero-order chi connectivity index (χ0) is 14.3. The highest BCUT2D eigenvalue weighted by molar-refractivity contribution is 5.96. The van der Waals surface area contributed by atoms with Crippen LogP contribution < -0.4 is 10.1 Å². The third-order valence-corrected chi connectivity index (χ3v) is 2.20. The highest BCUT2D eigenvalue weighted by Gasteiger charge is 2.29. The molecule has 0 aliphatic carbocycles. The van der Waals surface area contributed by atoms with Crippen LogP contribution in [0.3, 0.4) is 0 Å². The number of ether oxygens (including phenoxy) is 1. The second kappa shape index (κ2) is 6.96. The first kappa shape index (κ1) is 15.3. The van der Waals surface area contributed by atoms with Crippen molar-refractivity contribution in [3.05, 3.63) is 23.9 Å². The molecule has 0 unspecified atom stereocenters. The van der Waals surface area contributed by atoms with E-state index in [-0.39, 0.29) is 11.4 Å². The highest BCUT2D eigenvalue weighted by Crippen LogP contribution is 2.19. The zero-order valence-electron chi connectivity index (χ0n) is 10.5. The van der Waals surface area contributed by atoms with E-state index in [1.807, 2.05) is 6.92 Å². The van der Waals surface area contributed by atoms with Gasteiger partial charge >= 0.3 is 6.18 Å². The van der Waals surface area contributed by atoms with Crippen molar-refractivity contribution in [1.82, 2.24) is 10.3 Å². The second-order valence-corrected chi connectivity index (χ2v) is 3.87. The van der Waals surface area contributed by atoms with Gasteiger partial charge in [-0.2, -0.15) is 13.2 Å². The smallest absolute Gasteiger partial charge is 0.422 e. The lowest BCUT2D eigenvalue weighted by molar-refractivity contribution is -0.154. The van der Waals surface area contributed by atoms with Gasteiger partial charge in [-0.15, -0.1) is 0 Å². The van der Waals surface area contributed by atoms with Crippen LogP contribution in [0.5, 0.6) is 5.88 Å². The van der Waals surface area contributed by atoms with Gasteiger partial charge in [-0.25, -0.2) is 4.98 Å². The van der Waals surface area contributed by atoms with E-state index < -0.39 is 18.7 Å². The Morgan fingerprint density at radius 2 is 2.21 bits per heavy atom. The van der Waals surface area contributed by atoms with E-state index in [0.717, 1.165) is 12.8 Å². The molecule has 0 spiro atoms. The number of hydrogen-bond acceptors (Lipinski definition) is 3. The maximum Gasteiger partial charge on any atom is 0.422 e. The van der Waals surface area contributed by atoms with Gasteiger partial charge in [0.25, 0.3) is 5.91 Å². The van der Waals surface area contributed by atoms with Crippen molar-refractivity contribution in [2.24, 2.45) is 0 Å². The summed E-state index contributed by atoms with van der Waals surface area (Å²) in [4.78, 5) is 15.4. The number of pyridine rings is 1. The molecule has 0 bridgehead atoms. The predicted octanol–water partition coefficient (Wildman–Crippen LogP) is 2.55. The Balaban J connectivity index is 2.69. The molecule has 0 atom stereocenters. The van der Waals surface area contributed by atoms with E-state index in [0.29, 0.717) is 6.54 Å². The lowest BCUT2D eigenvalue weighted by Crippen LogP contribution is -2.26. The van der Waals surface area contributed by atoms with Crippen LogP contribution in [0.25, 0.3) is 0 Å². The number of hydrogen-bond donors (Lipinski definition) is 1. The minimum Gasteiger partial charge on any atom is -0.467 e. The molecule has 1 aromatic heterocycles. The first-order valence-electron chi connectivity index (χ1n) is 5.87. The average Bonchev–Trinajstić information content (AvgIpc) is 2.36. The Kier molecular flexibility index (Phi) is 5.59. The summed E-state index contributed by atoms with van der Waals surface area (Å²) in [5.41, 5.74) is 0.00264. The number of alkyl halides is 3. The van der Waals surface area contributed by atoms with Crippen LogP contribution in [0.1, 0.15) is 30.1 Å². The number of halogens is 3. The van der Waals surface area contributed by atoms with E-state index in [1.54, 1.807) is 0 Å².